The maximum atomic E-state index is 12.0. The van der Waals surface area contributed by atoms with Gasteiger partial charge in [0.1, 0.15) is 0 Å². The van der Waals surface area contributed by atoms with Crippen LogP contribution in [0.4, 0.5) is 5.69 Å². The molecule has 5 heteroatoms. The van der Waals surface area contributed by atoms with Crippen LogP contribution in [-0.2, 0) is 0 Å². The molecule has 0 heterocycles. The Kier molecular flexibility index (Phi) is 5.84. The summed E-state index contributed by atoms with van der Waals surface area (Å²) in [5, 5.41) is 7.16. The number of hydrogen-bond donors (Lipinski definition) is 2. The molecule has 0 saturated carbocycles. The molecule has 1 aromatic rings. The number of halogens is 1. The van der Waals surface area contributed by atoms with Crippen molar-refractivity contribution in [3.63, 3.8) is 0 Å². The first-order chi connectivity index (χ1) is 9.20. The second-order valence-corrected chi connectivity index (χ2v) is 6.40. The summed E-state index contributed by atoms with van der Waals surface area (Å²) in [6.45, 7) is 8.02. The number of nitrogens with zero attached hydrogens (tertiary/aromatic N) is 1. The Bertz CT molecular complexity index is 467. The van der Waals surface area contributed by atoms with Crippen molar-refractivity contribution in [2.75, 3.05) is 32.5 Å². The highest BCUT2D eigenvalue weighted by atomic mass is 35.5. The molecule has 20 heavy (non-hydrogen) atoms. The fourth-order valence-electron chi connectivity index (χ4n) is 1.68. The number of rotatable bonds is 5. The zero-order valence-electron chi connectivity index (χ0n) is 12.9. The van der Waals surface area contributed by atoms with Gasteiger partial charge < -0.3 is 15.5 Å². The van der Waals surface area contributed by atoms with Crippen molar-refractivity contribution in [3.8, 4) is 0 Å². The van der Waals surface area contributed by atoms with E-state index in [2.05, 4.69) is 31.4 Å². The summed E-state index contributed by atoms with van der Waals surface area (Å²) < 4.78 is 0. The van der Waals surface area contributed by atoms with Gasteiger partial charge in [0.15, 0.2) is 0 Å². The van der Waals surface area contributed by atoms with E-state index >= 15 is 0 Å². The molecule has 4 nitrogen and oxygen atoms in total. The van der Waals surface area contributed by atoms with E-state index in [9.17, 15) is 4.79 Å². The average Bonchev–Trinajstić information content (AvgIpc) is 2.34. The molecule has 1 aromatic carbocycles. The van der Waals surface area contributed by atoms with Gasteiger partial charge in [0.2, 0.25) is 0 Å². The van der Waals surface area contributed by atoms with Crippen LogP contribution in [0.25, 0.3) is 0 Å². The first kappa shape index (κ1) is 16.8. The van der Waals surface area contributed by atoms with Gasteiger partial charge in [0.05, 0.1) is 10.6 Å². The Morgan fingerprint density at radius 1 is 1.25 bits per heavy atom. The lowest BCUT2D eigenvalue weighted by Gasteiger charge is -2.21. The van der Waals surface area contributed by atoms with Gasteiger partial charge in [0, 0.05) is 38.4 Å². The molecule has 0 aromatic heterocycles. The molecule has 2 N–H and O–H groups in total. The number of amides is 1. The topological polar surface area (TPSA) is 44.4 Å². The molecule has 0 aliphatic carbocycles. The highest BCUT2D eigenvalue weighted by molar-refractivity contribution is 6.34. The van der Waals surface area contributed by atoms with Gasteiger partial charge in [-0.1, -0.05) is 11.6 Å². The molecule has 1 rings (SSSR count). The Morgan fingerprint density at radius 2 is 1.90 bits per heavy atom. The van der Waals surface area contributed by atoms with E-state index in [1.165, 1.54) is 4.90 Å². The second kappa shape index (κ2) is 6.95. The molecule has 1 amide bonds. The van der Waals surface area contributed by atoms with E-state index in [4.69, 9.17) is 11.6 Å². The van der Waals surface area contributed by atoms with Crippen molar-refractivity contribution in [2.45, 2.75) is 26.3 Å². The van der Waals surface area contributed by atoms with Gasteiger partial charge in [-0.25, -0.2) is 0 Å². The fourth-order valence-corrected chi connectivity index (χ4v) is 1.88. The predicted molar refractivity (Wildman–Crippen MR) is 85.7 cm³/mol. The van der Waals surface area contributed by atoms with Crippen molar-refractivity contribution in [3.05, 3.63) is 28.8 Å². The quantitative estimate of drug-likeness (QED) is 0.822. The predicted octanol–water partition coefficient (Wildman–Crippen LogP) is 2.84. The van der Waals surface area contributed by atoms with E-state index in [1.54, 1.807) is 26.2 Å². The molecular weight excluding hydrogens is 274 g/mol. The van der Waals surface area contributed by atoms with Gasteiger partial charge in [-0.05, 0) is 39.0 Å². The molecule has 0 fully saturated rings. The lowest BCUT2D eigenvalue weighted by Crippen LogP contribution is -2.38. The largest absolute Gasteiger partial charge is 0.384 e. The summed E-state index contributed by atoms with van der Waals surface area (Å²) in [4.78, 5) is 13.5. The third kappa shape index (κ3) is 5.39. The molecule has 0 saturated heterocycles. The molecule has 0 spiro atoms. The maximum Gasteiger partial charge on any atom is 0.254 e. The first-order valence-corrected chi connectivity index (χ1v) is 7.08. The average molecular weight is 298 g/mol. The lowest BCUT2D eigenvalue weighted by molar-refractivity contribution is 0.0828. The Labute approximate surface area is 126 Å². The summed E-state index contributed by atoms with van der Waals surface area (Å²) in [5.41, 5.74) is 1.52. The zero-order chi connectivity index (χ0) is 15.3. The van der Waals surface area contributed by atoms with E-state index < -0.39 is 0 Å². The van der Waals surface area contributed by atoms with E-state index in [0.29, 0.717) is 10.6 Å². The molecule has 0 atom stereocenters. The highest BCUT2D eigenvalue weighted by Gasteiger charge is 2.13. The minimum atomic E-state index is -0.0912. The molecule has 112 valence electrons. The SMILES string of the molecule is CN(C)C(=O)c1cc(NCCNC(C)(C)C)ccc1Cl. The number of carbonyl (C=O) groups excluding carboxylic acids is 1. The van der Waals surface area contributed by atoms with Crippen LogP contribution in [0.2, 0.25) is 5.02 Å². The Morgan fingerprint density at radius 3 is 2.45 bits per heavy atom. The van der Waals surface area contributed by atoms with Crippen LogP contribution in [0.15, 0.2) is 18.2 Å². The number of hydrogen-bond acceptors (Lipinski definition) is 3. The van der Waals surface area contributed by atoms with Gasteiger partial charge in [-0.15, -0.1) is 0 Å². The second-order valence-electron chi connectivity index (χ2n) is 6.00. The van der Waals surface area contributed by atoms with Crippen LogP contribution < -0.4 is 10.6 Å². The number of carbonyl (C=O) groups is 1. The van der Waals surface area contributed by atoms with Crippen LogP contribution in [-0.4, -0.2) is 43.5 Å². The van der Waals surface area contributed by atoms with E-state index in [0.717, 1.165) is 18.8 Å². The normalized spacial score (nSPS) is 11.3. The van der Waals surface area contributed by atoms with Crippen LogP contribution in [0, 0.1) is 0 Å². The van der Waals surface area contributed by atoms with Gasteiger partial charge in [0.25, 0.3) is 5.91 Å². The summed E-state index contributed by atoms with van der Waals surface area (Å²) in [6, 6.07) is 5.42. The number of nitrogens with one attached hydrogen (secondary N) is 2. The summed E-state index contributed by atoms with van der Waals surface area (Å²) in [7, 11) is 3.43. The number of anilines is 1. The summed E-state index contributed by atoms with van der Waals surface area (Å²) in [6.07, 6.45) is 0. The van der Waals surface area contributed by atoms with Crippen molar-refractivity contribution < 1.29 is 4.79 Å². The van der Waals surface area contributed by atoms with Crippen LogP contribution in [0.5, 0.6) is 0 Å². The first-order valence-electron chi connectivity index (χ1n) is 6.71. The van der Waals surface area contributed by atoms with E-state index in [1.807, 2.05) is 6.07 Å². The third-order valence-electron chi connectivity index (χ3n) is 2.71. The molecule has 0 aliphatic heterocycles. The van der Waals surface area contributed by atoms with Gasteiger partial charge >= 0.3 is 0 Å². The summed E-state index contributed by atoms with van der Waals surface area (Å²) in [5.74, 6) is -0.0912. The minimum absolute atomic E-state index is 0.0912. The van der Waals surface area contributed by atoms with Crippen molar-refractivity contribution >= 4 is 23.2 Å². The highest BCUT2D eigenvalue weighted by Crippen LogP contribution is 2.21. The fraction of sp³-hybridized carbons (Fsp3) is 0.533. The van der Waals surface area contributed by atoms with Crippen molar-refractivity contribution in [1.29, 1.82) is 0 Å². The Balaban J connectivity index is 2.64. The molecule has 0 unspecified atom stereocenters. The standard InChI is InChI=1S/C15H24ClN3O/c1-15(2,3)18-9-8-17-11-6-7-13(16)12(10-11)14(20)19(4)5/h6-7,10,17-18H,8-9H2,1-5H3. The molecular formula is C15H24ClN3O. The van der Waals surface area contributed by atoms with Gasteiger partial charge in [-0.2, -0.15) is 0 Å². The molecule has 0 bridgehead atoms. The maximum absolute atomic E-state index is 12.0. The molecule has 0 radical (unpaired) electrons. The van der Waals surface area contributed by atoms with Crippen LogP contribution in [0.3, 0.4) is 0 Å². The summed E-state index contributed by atoms with van der Waals surface area (Å²) >= 11 is 6.07. The van der Waals surface area contributed by atoms with E-state index in [-0.39, 0.29) is 11.4 Å². The van der Waals surface area contributed by atoms with Gasteiger partial charge in [-0.3, -0.25) is 4.79 Å². The Hall–Kier alpha value is -1.26. The smallest absolute Gasteiger partial charge is 0.254 e. The third-order valence-corrected chi connectivity index (χ3v) is 3.04. The van der Waals surface area contributed by atoms with Crippen molar-refractivity contribution in [2.24, 2.45) is 0 Å². The zero-order valence-corrected chi connectivity index (χ0v) is 13.6. The lowest BCUT2D eigenvalue weighted by atomic mass is 10.1. The molecule has 0 aliphatic rings. The van der Waals surface area contributed by atoms with Crippen LogP contribution >= 0.6 is 11.6 Å². The number of benzene rings is 1. The minimum Gasteiger partial charge on any atom is -0.384 e. The van der Waals surface area contributed by atoms with Crippen LogP contribution in [0.1, 0.15) is 31.1 Å². The van der Waals surface area contributed by atoms with Crippen molar-refractivity contribution in [1.82, 2.24) is 10.2 Å². The monoisotopic (exact) mass is 297 g/mol.